The predicted molar refractivity (Wildman–Crippen MR) is 90.3 cm³/mol. The number of nitrogens with one attached hydrogen (secondary N) is 1. The highest BCUT2D eigenvalue weighted by Crippen LogP contribution is 2.44. The van der Waals surface area contributed by atoms with E-state index in [4.69, 9.17) is 23.2 Å². The Morgan fingerprint density at radius 2 is 2.00 bits per heavy atom. The van der Waals surface area contributed by atoms with E-state index in [1.54, 1.807) is 0 Å². The van der Waals surface area contributed by atoms with Crippen LogP contribution in [-0.4, -0.2) is 25.3 Å². The Kier molecular flexibility index (Phi) is 5.96. The van der Waals surface area contributed by atoms with Crippen molar-refractivity contribution in [3.8, 4) is 0 Å². The highest BCUT2D eigenvalue weighted by molar-refractivity contribution is 6.42. The third-order valence-corrected chi connectivity index (χ3v) is 5.82. The van der Waals surface area contributed by atoms with Crippen molar-refractivity contribution in [2.45, 2.75) is 38.0 Å². The number of hydrogen-bond donors (Lipinski definition) is 2. The number of rotatable bonds is 4. The van der Waals surface area contributed by atoms with Gasteiger partial charge >= 0.3 is 0 Å². The first-order chi connectivity index (χ1) is 10.0. The van der Waals surface area contributed by atoms with Crippen molar-refractivity contribution in [1.82, 2.24) is 5.32 Å². The molecule has 1 fully saturated rings. The molecule has 2 rings (SSSR count). The molecular formula is C17H25Cl2NO. The van der Waals surface area contributed by atoms with E-state index in [0.29, 0.717) is 16.0 Å². The Balaban J connectivity index is 2.47. The van der Waals surface area contributed by atoms with Gasteiger partial charge in [0.15, 0.2) is 0 Å². The van der Waals surface area contributed by atoms with Gasteiger partial charge < -0.3 is 10.4 Å². The maximum Gasteiger partial charge on any atom is 0.0595 e. The van der Waals surface area contributed by atoms with Gasteiger partial charge in [0.25, 0.3) is 0 Å². The largest absolute Gasteiger partial charge is 0.396 e. The summed E-state index contributed by atoms with van der Waals surface area (Å²) in [6.45, 7) is 3.37. The summed E-state index contributed by atoms with van der Waals surface area (Å²) in [7, 11) is 1.97. The van der Waals surface area contributed by atoms with Crippen LogP contribution >= 0.6 is 23.2 Å². The number of aliphatic hydroxyl groups excluding tert-OH is 1. The van der Waals surface area contributed by atoms with Crippen molar-refractivity contribution in [3.63, 3.8) is 0 Å². The van der Waals surface area contributed by atoms with Gasteiger partial charge in [-0.25, -0.2) is 0 Å². The Labute approximate surface area is 137 Å². The number of benzene rings is 1. The minimum Gasteiger partial charge on any atom is -0.396 e. The van der Waals surface area contributed by atoms with E-state index in [-0.39, 0.29) is 17.9 Å². The molecule has 3 unspecified atom stereocenters. The van der Waals surface area contributed by atoms with Gasteiger partial charge in [-0.05, 0) is 55.8 Å². The molecule has 0 saturated heterocycles. The summed E-state index contributed by atoms with van der Waals surface area (Å²) in [5, 5.41) is 14.5. The van der Waals surface area contributed by atoms with Crippen LogP contribution in [0.25, 0.3) is 0 Å². The lowest BCUT2D eigenvalue weighted by Crippen LogP contribution is -2.44. The average molecular weight is 330 g/mol. The van der Waals surface area contributed by atoms with Gasteiger partial charge in [0, 0.05) is 18.6 Å². The Hall–Kier alpha value is -0.280. The van der Waals surface area contributed by atoms with E-state index in [2.05, 4.69) is 18.3 Å². The second-order valence-electron chi connectivity index (χ2n) is 6.42. The third-order valence-electron chi connectivity index (χ3n) is 5.08. The molecule has 0 spiro atoms. The number of halogens is 2. The summed E-state index contributed by atoms with van der Waals surface area (Å²) in [6.07, 6.45) is 4.48. The van der Waals surface area contributed by atoms with Crippen LogP contribution in [0.4, 0.5) is 0 Å². The molecule has 0 heterocycles. The summed E-state index contributed by atoms with van der Waals surface area (Å²) in [5.41, 5.74) is 1.13. The molecule has 1 aromatic rings. The van der Waals surface area contributed by atoms with E-state index in [9.17, 15) is 5.11 Å². The summed E-state index contributed by atoms with van der Waals surface area (Å²) < 4.78 is 0. The highest BCUT2D eigenvalue weighted by atomic mass is 35.5. The van der Waals surface area contributed by atoms with E-state index in [0.717, 1.165) is 19.4 Å². The maximum absolute atomic E-state index is 9.96. The van der Waals surface area contributed by atoms with Crippen molar-refractivity contribution in [2.75, 3.05) is 20.2 Å². The molecule has 2 nitrogen and oxygen atoms in total. The van der Waals surface area contributed by atoms with Crippen LogP contribution in [0.1, 0.15) is 38.2 Å². The molecule has 0 amide bonds. The van der Waals surface area contributed by atoms with Crippen LogP contribution in [0.5, 0.6) is 0 Å². The summed E-state index contributed by atoms with van der Waals surface area (Å²) >= 11 is 12.3. The molecule has 0 radical (unpaired) electrons. The molecule has 0 bridgehead atoms. The predicted octanol–water partition coefficient (Wildman–Crippen LogP) is 4.27. The summed E-state index contributed by atoms with van der Waals surface area (Å²) in [4.78, 5) is 0. The molecule has 1 aliphatic rings. The monoisotopic (exact) mass is 329 g/mol. The van der Waals surface area contributed by atoms with E-state index in [1.165, 1.54) is 18.4 Å². The Morgan fingerprint density at radius 1 is 1.24 bits per heavy atom. The number of aliphatic hydroxyl groups is 1. The van der Waals surface area contributed by atoms with Gasteiger partial charge in [0.1, 0.15) is 0 Å². The van der Waals surface area contributed by atoms with Gasteiger partial charge in [0.2, 0.25) is 0 Å². The molecule has 2 N–H and O–H groups in total. The van der Waals surface area contributed by atoms with Crippen molar-refractivity contribution in [1.29, 1.82) is 0 Å². The van der Waals surface area contributed by atoms with Crippen molar-refractivity contribution >= 4 is 23.2 Å². The van der Waals surface area contributed by atoms with E-state index in [1.807, 2.05) is 19.2 Å². The molecule has 21 heavy (non-hydrogen) atoms. The topological polar surface area (TPSA) is 32.3 Å². The van der Waals surface area contributed by atoms with Crippen molar-refractivity contribution in [3.05, 3.63) is 33.8 Å². The first-order valence-corrected chi connectivity index (χ1v) is 8.50. The van der Waals surface area contributed by atoms with E-state index >= 15 is 0 Å². The highest BCUT2D eigenvalue weighted by Gasteiger charge is 2.41. The first-order valence-electron chi connectivity index (χ1n) is 7.74. The third kappa shape index (κ3) is 3.56. The Bertz CT molecular complexity index is 480. The molecule has 0 aromatic heterocycles. The van der Waals surface area contributed by atoms with Gasteiger partial charge in [0.05, 0.1) is 10.0 Å². The first kappa shape index (κ1) is 17.1. The van der Waals surface area contributed by atoms with Crippen LogP contribution in [0, 0.1) is 11.8 Å². The van der Waals surface area contributed by atoms with Gasteiger partial charge in [-0.2, -0.15) is 0 Å². The fourth-order valence-corrected chi connectivity index (χ4v) is 4.01. The zero-order valence-corrected chi connectivity index (χ0v) is 14.3. The molecular weight excluding hydrogens is 305 g/mol. The molecule has 1 aliphatic carbocycles. The molecule has 0 aliphatic heterocycles. The number of likely N-dealkylation sites (N-methyl/N-ethyl adjacent to an activating group) is 1. The van der Waals surface area contributed by atoms with Crippen molar-refractivity contribution < 1.29 is 5.11 Å². The molecule has 1 aromatic carbocycles. The minimum absolute atomic E-state index is 0.0670. The van der Waals surface area contributed by atoms with Gasteiger partial charge in [-0.15, -0.1) is 0 Å². The quantitative estimate of drug-likeness (QED) is 0.808. The second-order valence-corrected chi connectivity index (χ2v) is 7.23. The normalized spacial score (nSPS) is 30.1. The average Bonchev–Trinajstić information content (AvgIpc) is 2.63. The lowest BCUT2D eigenvalue weighted by molar-refractivity contribution is 0.138. The summed E-state index contributed by atoms with van der Waals surface area (Å²) in [6, 6.07) is 5.93. The van der Waals surface area contributed by atoms with Crippen LogP contribution in [0.3, 0.4) is 0 Å². The SMILES string of the molecule is CNCC1(c2ccc(Cl)c(Cl)c2)CCC(C)CCC1CO. The second kappa shape index (κ2) is 7.32. The maximum atomic E-state index is 9.96. The molecule has 4 heteroatoms. The molecule has 3 atom stereocenters. The van der Waals surface area contributed by atoms with Gasteiger partial charge in [-0.1, -0.05) is 42.6 Å². The van der Waals surface area contributed by atoms with Gasteiger partial charge in [-0.3, -0.25) is 0 Å². The number of hydrogen-bond acceptors (Lipinski definition) is 2. The van der Waals surface area contributed by atoms with Crippen LogP contribution < -0.4 is 5.32 Å². The summed E-state index contributed by atoms with van der Waals surface area (Å²) in [5.74, 6) is 0.965. The van der Waals surface area contributed by atoms with Crippen molar-refractivity contribution in [2.24, 2.45) is 11.8 Å². The zero-order chi connectivity index (χ0) is 15.5. The lowest BCUT2D eigenvalue weighted by Gasteiger charge is -2.40. The lowest BCUT2D eigenvalue weighted by atomic mass is 9.67. The Morgan fingerprint density at radius 3 is 2.62 bits per heavy atom. The van der Waals surface area contributed by atoms with Crippen LogP contribution in [-0.2, 0) is 5.41 Å². The minimum atomic E-state index is -0.0670. The van der Waals surface area contributed by atoms with Crippen LogP contribution in [0.2, 0.25) is 10.0 Å². The van der Waals surface area contributed by atoms with E-state index < -0.39 is 0 Å². The standard InChI is InChI=1S/C17H25Cl2NO/c1-12-3-4-14(10-21)17(8-7-12,11-20-2)13-5-6-15(18)16(19)9-13/h5-6,9,12,14,20-21H,3-4,7-8,10-11H2,1-2H3. The smallest absolute Gasteiger partial charge is 0.0595 e. The zero-order valence-electron chi connectivity index (χ0n) is 12.8. The van der Waals surface area contributed by atoms with Crippen LogP contribution in [0.15, 0.2) is 18.2 Å². The fourth-order valence-electron chi connectivity index (χ4n) is 3.72. The molecule has 118 valence electrons. The fraction of sp³-hybridized carbons (Fsp3) is 0.647. The molecule has 1 saturated carbocycles.